The molecule has 0 fully saturated rings. The highest BCUT2D eigenvalue weighted by Crippen LogP contribution is 2.25. The van der Waals surface area contributed by atoms with Crippen molar-refractivity contribution in [3.63, 3.8) is 0 Å². The first kappa shape index (κ1) is 12.5. The average molecular weight is 321 g/mol. The lowest BCUT2D eigenvalue weighted by molar-refractivity contribution is 0.109. The monoisotopic (exact) mass is 320 g/mol. The summed E-state index contributed by atoms with van der Waals surface area (Å²) in [5.74, 6) is 1.47. The molecule has 0 bridgehead atoms. The van der Waals surface area contributed by atoms with E-state index in [2.05, 4.69) is 36.2 Å². The molecule has 0 atom stereocenters. The van der Waals surface area contributed by atoms with Crippen LogP contribution in [0.1, 0.15) is 11.3 Å². The van der Waals surface area contributed by atoms with E-state index in [1.165, 1.54) is 0 Å². The molecule has 2 aromatic heterocycles. The number of rotatable bonds is 2. The number of ether oxygens (including phenoxy) is 1. The van der Waals surface area contributed by atoms with Crippen LogP contribution >= 0.6 is 15.9 Å². The maximum Gasteiger partial charge on any atom is 0.180 e. The summed E-state index contributed by atoms with van der Waals surface area (Å²) >= 11 is 3.37. The number of nitrogens with zero attached hydrogens (tertiary/aromatic N) is 3. The predicted octanol–water partition coefficient (Wildman–Crippen LogP) is 2.42. The molecule has 0 saturated heterocycles. The predicted molar refractivity (Wildman–Crippen MR) is 75.9 cm³/mol. The van der Waals surface area contributed by atoms with Gasteiger partial charge in [0.05, 0.1) is 18.9 Å². The van der Waals surface area contributed by atoms with E-state index in [0.717, 1.165) is 33.7 Å². The van der Waals surface area contributed by atoms with Crippen LogP contribution in [-0.2, 0) is 17.8 Å². The van der Waals surface area contributed by atoms with Gasteiger partial charge in [0.15, 0.2) is 5.82 Å². The molecule has 0 radical (unpaired) electrons. The fourth-order valence-corrected chi connectivity index (χ4v) is 2.30. The van der Waals surface area contributed by atoms with E-state index < -0.39 is 0 Å². The number of anilines is 1. The zero-order valence-electron chi connectivity index (χ0n) is 10.5. The van der Waals surface area contributed by atoms with Gasteiger partial charge in [-0.05, 0) is 28.1 Å². The quantitative estimate of drug-likeness (QED) is 0.920. The van der Waals surface area contributed by atoms with Gasteiger partial charge in [0, 0.05) is 29.7 Å². The molecular formula is C13H13BrN4O. The molecule has 1 aliphatic heterocycles. The van der Waals surface area contributed by atoms with E-state index in [1.807, 2.05) is 19.2 Å². The Hall–Kier alpha value is -1.53. The molecular weight excluding hydrogens is 308 g/mol. The van der Waals surface area contributed by atoms with Crippen LogP contribution in [-0.4, -0.2) is 28.6 Å². The Morgan fingerprint density at radius 1 is 1.32 bits per heavy atom. The fraction of sp³-hybridized carbons (Fsp3) is 0.308. The van der Waals surface area contributed by atoms with Crippen LogP contribution in [0.15, 0.2) is 22.8 Å². The first-order valence-corrected chi connectivity index (χ1v) is 6.84. The summed E-state index contributed by atoms with van der Waals surface area (Å²) < 4.78 is 6.40. The third-order valence-electron chi connectivity index (χ3n) is 3.02. The number of hydrogen-bond donors (Lipinski definition) is 1. The number of aromatic nitrogens is 3. The Kier molecular flexibility index (Phi) is 3.44. The molecule has 3 rings (SSSR count). The van der Waals surface area contributed by atoms with E-state index in [1.54, 1.807) is 6.20 Å². The molecule has 3 heterocycles. The number of halogens is 1. The van der Waals surface area contributed by atoms with E-state index >= 15 is 0 Å². The van der Waals surface area contributed by atoms with Gasteiger partial charge in [-0.1, -0.05) is 0 Å². The SMILES string of the molecule is CNc1nc(-c2ccc(Br)cn2)nc2c1COCC2. The topological polar surface area (TPSA) is 59.9 Å². The number of nitrogens with one attached hydrogen (secondary N) is 1. The van der Waals surface area contributed by atoms with Crippen LogP contribution in [0.25, 0.3) is 11.5 Å². The zero-order chi connectivity index (χ0) is 13.2. The van der Waals surface area contributed by atoms with Crippen LogP contribution in [0.4, 0.5) is 5.82 Å². The van der Waals surface area contributed by atoms with Crippen molar-refractivity contribution in [2.24, 2.45) is 0 Å². The molecule has 0 amide bonds. The maximum atomic E-state index is 5.46. The molecule has 2 aromatic rings. The Morgan fingerprint density at radius 3 is 2.95 bits per heavy atom. The summed E-state index contributed by atoms with van der Waals surface area (Å²) in [6.07, 6.45) is 2.57. The molecule has 0 unspecified atom stereocenters. The lowest BCUT2D eigenvalue weighted by Gasteiger charge is -2.19. The van der Waals surface area contributed by atoms with Gasteiger partial charge in [-0.3, -0.25) is 4.98 Å². The normalized spacial score (nSPS) is 14.0. The largest absolute Gasteiger partial charge is 0.376 e. The number of pyridine rings is 1. The summed E-state index contributed by atoms with van der Waals surface area (Å²) in [7, 11) is 1.86. The van der Waals surface area contributed by atoms with Crippen molar-refractivity contribution in [1.82, 2.24) is 15.0 Å². The van der Waals surface area contributed by atoms with Gasteiger partial charge in [-0.25, -0.2) is 9.97 Å². The molecule has 1 aliphatic rings. The molecule has 0 saturated carbocycles. The summed E-state index contributed by atoms with van der Waals surface area (Å²) in [4.78, 5) is 13.5. The van der Waals surface area contributed by atoms with Crippen LogP contribution in [0.5, 0.6) is 0 Å². The molecule has 0 aliphatic carbocycles. The molecule has 0 aromatic carbocycles. The molecule has 98 valence electrons. The van der Waals surface area contributed by atoms with Gasteiger partial charge >= 0.3 is 0 Å². The van der Waals surface area contributed by atoms with Crippen molar-refractivity contribution in [1.29, 1.82) is 0 Å². The van der Waals surface area contributed by atoms with Crippen LogP contribution in [0.2, 0.25) is 0 Å². The van der Waals surface area contributed by atoms with Gasteiger partial charge in [0.2, 0.25) is 0 Å². The van der Waals surface area contributed by atoms with Crippen LogP contribution < -0.4 is 5.32 Å². The van der Waals surface area contributed by atoms with Crippen molar-refractivity contribution >= 4 is 21.7 Å². The van der Waals surface area contributed by atoms with Gasteiger partial charge in [-0.15, -0.1) is 0 Å². The molecule has 19 heavy (non-hydrogen) atoms. The summed E-state index contributed by atoms with van der Waals surface area (Å²) in [5, 5.41) is 3.11. The lowest BCUT2D eigenvalue weighted by Crippen LogP contribution is -2.16. The highest BCUT2D eigenvalue weighted by molar-refractivity contribution is 9.10. The van der Waals surface area contributed by atoms with Gasteiger partial charge < -0.3 is 10.1 Å². The second kappa shape index (κ2) is 5.22. The van der Waals surface area contributed by atoms with E-state index in [-0.39, 0.29) is 0 Å². The average Bonchev–Trinajstić information content (AvgIpc) is 2.47. The highest BCUT2D eigenvalue weighted by atomic mass is 79.9. The van der Waals surface area contributed by atoms with E-state index in [4.69, 9.17) is 4.74 Å². The van der Waals surface area contributed by atoms with Crippen molar-refractivity contribution in [3.05, 3.63) is 34.1 Å². The third kappa shape index (κ3) is 2.46. The van der Waals surface area contributed by atoms with Crippen molar-refractivity contribution in [3.8, 4) is 11.5 Å². The summed E-state index contributed by atoms with van der Waals surface area (Å²) in [5.41, 5.74) is 2.87. The van der Waals surface area contributed by atoms with Crippen molar-refractivity contribution in [2.75, 3.05) is 19.0 Å². The molecule has 5 nitrogen and oxygen atoms in total. The van der Waals surface area contributed by atoms with Crippen molar-refractivity contribution in [2.45, 2.75) is 13.0 Å². The minimum absolute atomic E-state index is 0.569. The van der Waals surface area contributed by atoms with Crippen LogP contribution in [0.3, 0.4) is 0 Å². The second-order valence-electron chi connectivity index (χ2n) is 4.24. The molecule has 0 spiro atoms. The Bertz CT molecular complexity index is 583. The Balaban J connectivity index is 2.09. The van der Waals surface area contributed by atoms with Gasteiger partial charge in [0.1, 0.15) is 11.5 Å². The first-order valence-electron chi connectivity index (χ1n) is 6.05. The number of hydrogen-bond acceptors (Lipinski definition) is 5. The zero-order valence-corrected chi connectivity index (χ0v) is 12.1. The Labute approximate surface area is 119 Å². The minimum atomic E-state index is 0.569. The minimum Gasteiger partial charge on any atom is -0.376 e. The number of fused-ring (bicyclic) bond motifs is 1. The van der Waals surface area contributed by atoms with Gasteiger partial charge in [0.25, 0.3) is 0 Å². The third-order valence-corrected chi connectivity index (χ3v) is 3.48. The lowest BCUT2D eigenvalue weighted by atomic mass is 10.1. The smallest absolute Gasteiger partial charge is 0.180 e. The maximum absolute atomic E-state index is 5.46. The van der Waals surface area contributed by atoms with E-state index in [0.29, 0.717) is 19.0 Å². The standard InChI is InChI=1S/C13H13BrN4O/c1-15-12-9-7-19-5-4-10(9)17-13(18-12)11-3-2-8(14)6-16-11/h2-3,6H,4-5,7H2,1H3,(H,15,17,18). The van der Waals surface area contributed by atoms with Crippen LogP contribution in [0, 0.1) is 0 Å². The summed E-state index contributed by atoms with van der Waals surface area (Å²) in [6, 6.07) is 3.85. The first-order chi connectivity index (χ1) is 9.28. The highest BCUT2D eigenvalue weighted by Gasteiger charge is 2.18. The fourth-order valence-electron chi connectivity index (χ4n) is 2.06. The Morgan fingerprint density at radius 2 is 2.21 bits per heavy atom. The van der Waals surface area contributed by atoms with Crippen molar-refractivity contribution < 1.29 is 4.74 Å². The molecule has 1 N–H and O–H groups in total. The summed E-state index contributed by atoms with van der Waals surface area (Å²) in [6.45, 7) is 1.28. The van der Waals surface area contributed by atoms with Gasteiger partial charge in [-0.2, -0.15) is 0 Å². The van der Waals surface area contributed by atoms with E-state index in [9.17, 15) is 0 Å². The molecule has 6 heteroatoms. The second-order valence-corrected chi connectivity index (χ2v) is 5.15.